The molecule has 0 unspecified atom stereocenters. The highest BCUT2D eigenvalue weighted by molar-refractivity contribution is 5.44. The number of nitrogens with one attached hydrogen (secondary N) is 1. The Morgan fingerprint density at radius 3 is 1.77 bits per heavy atom. The Morgan fingerprint density at radius 1 is 1.23 bits per heavy atom. The molecule has 13 heavy (non-hydrogen) atoms. The molecule has 2 heteroatoms. The van der Waals surface area contributed by atoms with Crippen LogP contribution in [0.5, 0.6) is 0 Å². The zero-order valence-corrected chi connectivity index (χ0v) is 9.60. The number of hydrogen-bond acceptors (Lipinski definition) is 1. The monoisotopic (exact) mass is 189 g/mol. The molecule has 1 amide bonds. The van der Waals surface area contributed by atoms with Crippen molar-refractivity contribution in [1.29, 1.82) is 0 Å². The quantitative estimate of drug-likeness (QED) is 0.630. The smallest absolute Gasteiger partial charge is 0.206 e. The predicted molar refractivity (Wildman–Crippen MR) is 60.8 cm³/mol. The first-order valence-corrected chi connectivity index (χ1v) is 5.42. The van der Waals surface area contributed by atoms with Crippen LogP contribution in [0.2, 0.25) is 0 Å². The Morgan fingerprint density at radius 2 is 1.62 bits per heavy atom. The Kier molecular flexibility index (Phi) is 16.1. The van der Waals surface area contributed by atoms with Gasteiger partial charge in [0, 0.05) is 8.47 Å². The maximum Gasteiger partial charge on any atom is 0.206 e. The van der Waals surface area contributed by atoms with Gasteiger partial charge in [-0.2, -0.15) is 0 Å². The summed E-state index contributed by atoms with van der Waals surface area (Å²) in [6, 6.07) is 0. The van der Waals surface area contributed by atoms with Gasteiger partial charge in [-0.25, -0.2) is 0 Å². The Hall–Kier alpha value is -0.530. The van der Waals surface area contributed by atoms with Gasteiger partial charge in [0.15, 0.2) is 0 Å². The molecule has 0 radical (unpaired) electrons. The van der Waals surface area contributed by atoms with Gasteiger partial charge in [0.25, 0.3) is 0 Å². The summed E-state index contributed by atoms with van der Waals surface area (Å²) in [6.07, 6.45) is 8.06. The van der Waals surface area contributed by atoms with Crippen molar-refractivity contribution in [2.24, 2.45) is 5.92 Å². The maximum absolute atomic E-state index is 9.06. The fourth-order valence-electron chi connectivity index (χ4n) is 1.31. The van der Waals surface area contributed by atoms with Gasteiger partial charge >= 0.3 is 0 Å². The van der Waals surface area contributed by atoms with E-state index in [0.717, 1.165) is 5.92 Å². The highest BCUT2D eigenvalue weighted by atomic mass is 16.1. The second-order valence-electron chi connectivity index (χ2n) is 3.15. The molecular weight excluding hydrogens is 162 g/mol. The van der Waals surface area contributed by atoms with Gasteiger partial charge in [-0.15, -0.1) is 0 Å². The molecule has 2 nitrogen and oxygen atoms in total. The fourth-order valence-corrected chi connectivity index (χ4v) is 1.31. The lowest BCUT2D eigenvalue weighted by Gasteiger charge is -2.15. The van der Waals surface area contributed by atoms with Crippen LogP contribution in [0.25, 0.3) is 0 Å². The zero-order chi connectivity index (χ0) is 10.5. The standard InChI is InChI=1S/C7H14.C2H5NO.C2H6.H2/c1-7-5-3-2-4-6-7;1-3-2-4;1-2;/h7H,2-6H2,1H3;2H,1H3,(H,3,4);1-2H3;1H. The molecule has 0 heterocycles. The number of carbonyl (C=O) groups is 1. The molecule has 0 aromatic heterocycles. The van der Waals surface area contributed by atoms with E-state index in [-0.39, 0.29) is 1.43 Å². The van der Waals surface area contributed by atoms with Crippen LogP contribution in [0.1, 0.15) is 54.3 Å². The average Bonchev–Trinajstić information content (AvgIpc) is 2.22. The molecule has 0 spiro atoms. The van der Waals surface area contributed by atoms with Crippen LogP contribution >= 0.6 is 0 Å². The van der Waals surface area contributed by atoms with Crippen molar-refractivity contribution in [1.82, 2.24) is 5.32 Å². The van der Waals surface area contributed by atoms with Gasteiger partial charge in [0.05, 0.1) is 0 Å². The van der Waals surface area contributed by atoms with E-state index in [1.165, 1.54) is 32.1 Å². The number of carbonyl (C=O) groups excluding carboxylic acids is 1. The zero-order valence-electron chi connectivity index (χ0n) is 9.60. The summed E-state index contributed by atoms with van der Waals surface area (Å²) in [5, 5.41) is 2.25. The summed E-state index contributed by atoms with van der Waals surface area (Å²) < 4.78 is 0. The van der Waals surface area contributed by atoms with Crippen LogP contribution in [-0.4, -0.2) is 13.5 Å². The van der Waals surface area contributed by atoms with Crippen LogP contribution in [0.3, 0.4) is 0 Å². The van der Waals surface area contributed by atoms with Gasteiger partial charge in [-0.05, 0) is 5.92 Å². The Balaban J connectivity index is -0.000000152. The molecule has 1 aliphatic rings. The number of hydrogen-bond donors (Lipinski definition) is 1. The van der Waals surface area contributed by atoms with Gasteiger partial charge < -0.3 is 5.32 Å². The van der Waals surface area contributed by atoms with Crippen LogP contribution in [0.15, 0.2) is 0 Å². The van der Waals surface area contributed by atoms with Crippen molar-refractivity contribution in [3.63, 3.8) is 0 Å². The van der Waals surface area contributed by atoms with Crippen molar-refractivity contribution in [2.45, 2.75) is 52.9 Å². The van der Waals surface area contributed by atoms with Gasteiger partial charge in [0.1, 0.15) is 0 Å². The Bertz CT molecular complexity index is 93.3. The maximum atomic E-state index is 9.06. The molecule has 0 aliphatic heterocycles. The molecule has 1 aliphatic carbocycles. The van der Waals surface area contributed by atoms with Gasteiger partial charge in [0.2, 0.25) is 6.41 Å². The lowest BCUT2D eigenvalue weighted by molar-refractivity contribution is -0.109. The van der Waals surface area contributed by atoms with Crippen molar-refractivity contribution < 1.29 is 6.22 Å². The summed E-state index contributed by atoms with van der Waals surface area (Å²) in [5.74, 6) is 1.04. The first kappa shape index (κ1) is 15.0. The first-order chi connectivity index (χ1) is 6.31. The van der Waals surface area contributed by atoms with E-state index in [1.54, 1.807) is 7.05 Å². The van der Waals surface area contributed by atoms with Crippen LogP contribution < -0.4 is 5.32 Å². The van der Waals surface area contributed by atoms with Gasteiger partial charge in [-0.1, -0.05) is 52.9 Å². The second-order valence-corrected chi connectivity index (χ2v) is 3.15. The number of rotatable bonds is 1. The average molecular weight is 189 g/mol. The summed E-state index contributed by atoms with van der Waals surface area (Å²) in [6.45, 7) is 6.36. The van der Waals surface area contributed by atoms with E-state index >= 15 is 0 Å². The summed E-state index contributed by atoms with van der Waals surface area (Å²) in [5.41, 5.74) is 0. The minimum Gasteiger partial charge on any atom is -0.362 e. The van der Waals surface area contributed by atoms with Crippen molar-refractivity contribution >= 4 is 6.41 Å². The number of amides is 1. The molecule has 0 atom stereocenters. The van der Waals surface area contributed by atoms with E-state index in [2.05, 4.69) is 12.2 Å². The van der Waals surface area contributed by atoms with Crippen LogP contribution in [0, 0.1) is 5.92 Å². The third-order valence-corrected chi connectivity index (χ3v) is 2.01. The summed E-state index contributed by atoms with van der Waals surface area (Å²) in [7, 11) is 1.56. The normalized spacial score (nSPS) is 15.7. The summed E-state index contributed by atoms with van der Waals surface area (Å²) >= 11 is 0. The Labute approximate surface area is 84.6 Å². The third kappa shape index (κ3) is 14.3. The topological polar surface area (TPSA) is 29.1 Å². The van der Waals surface area contributed by atoms with E-state index in [9.17, 15) is 0 Å². The third-order valence-electron chi connectivity index (χ3n) is 2.01. The molecule has 1 saturated carbocycles. The molecule has 1 fully saturated rings. The lowest BCUT2D eigenvalue weighted by atomic mass is 9.91. The van der Waals surface area contributed by atoms with E-state index in [4.69, 9.17) is 4.79 Å². The van der Waals surface area contributed by atoms with E-state index in [1.807, 2.05) is 13.8 Å². The SMILES string of the molecule is CC.CC1CCCCC1.CNC=O.[HH]. The molecule has 0 aromatic carbocycles. The fraction of sp³-hybridized carbons (Fsp3) is 0.909. The lowest BCUT2D eigenvalue weighted by Crippen LogP contribution is -1.99. The molecular formula is C11H27NO. The molecule has 0 saturated heterocycles. The minimum atomic E-state index is 0. The summed E-state index contributed by atoms with van der Waals surface area (Å²) in [4.78, 5) is 9.06. The van der Waals surface area contributed by atoms with Crippen molar-refractivity contribution in [3.8, 4) is 0 Å². The van der Waals surface area contributed by atoms with Crippen LogP contribution in [-0.2, 0) is 4.79 Å². The van der Waals surface area contributed by atoms with Crippen molar-refractivity contribution in [2.75, 3.05) is 7.05 Å². The molecule has 82 valence electrons. The van der Waals surface area contributed by atoms with Gasteiger partial charge in [-0.3, -0.25) is 4.79 Å². The minimum absolute atomic E-state index is 0. The molecule has 0 aromatic rings. The first-order valence-electron chi connectivity index (χ1n) is 5.42. The molecule has 0 bridgehead atoms. The largest absolute Gasteiger partial charge is 0.362 e. The van der Waals surface area contributed by atoms with E-state index in [0.29, 0.717) is 6.41 Å². The molecule has 1 N–H and O–H groups in total. The van der Waals surface area contributed by atoms with Crippen molar-refractivity contribution in [3.05, 3.63) is 0 Å². The van der Waals surface area contributed by atoms with E-state index < -0.39 is 0 Å². The highest BCUT2D eigenvalue weighted by Gasteiger charge is 2.05. The van der Waals surface area contributed by atoms with Crippen LogP contribution in [0.4, 0.5) is 0 Å². The predicted octanol–water partition coefficient (Wildman–Crippen LogP) is 3.22. The highest BCUT2D eigenvalue weighted by Crippen LogP contribution is 2.21. The second kappa shape index (κ2) is 14.0. The molecule has 1 rings (SSSR count).